The van der Waals surface area contributed by atoms with Crippen LogP contribution in [0.5, 0.6) is 0 Å². The van der Waals surface area contributed by atoms with Crippen molar-refractivity contribution in [3.8, 4) is 0 Å². The third kappa shape index (κ3) is 3.18. The van der Waals surface area contributed by atoms with Gasteiger partial charge < -0.3 is 5.11 Å². The molecule has 0 spiro atoms. The zero-order chi connectivity index (χ0) is 12.6. The van der Waals surface area contributed by atoms with Gasteiger partial charge in [-0.2, -0.15) is 0 Å². The lowest BCUT2D eigenvalue weighted by molar-refractivity contribution is -0.141. The molecule has 2 aliphatic heterocycles. The maximum absolute atomic E-state index is 11.4. The molecule has 2 fully saturated rings. The molecule has 1 N–H and O–H groups in total. The molecule has 4 nitrogen and oxygen atoms in total. The number of fused-ring (bicyclic) bond motifs is 1. The van der Waals surface area contributed by atoms with Gasteiger partial charge in [-0.05, 0) is 14.3 Å². The maximum Gasteiger partial charge on any atom is 0.321 e. The zero-order valence-corrected chi connectivity index (χ0v) is 15.6. The van der Waals surface area contributed by atoms with Gasteiger partial charge in [-0.15, -0.1) is 8.93 Å². The molecule has 0 aromatic carbocycles. The van der Waals surface area contributed by atoms with Crippen LogP contribution in [0.4, 0.5) is 0 Å². The summed E-state index contributed by atoms with van der Waals surface area (Å²) in [5, 5.41) is 9.38. The van der Waals surface area contributed by atoms with Gasteiger partial charge in [0.05, 0.1) is 0 Å². The highest BCUT2D eigenvalue weighted by Gasteiger charge is 2.50. The Kier molecular flexibility index (Phi) is 5.98. The first-order chi connectivity index (χ1) is 8.08. The molecule has 2 rings (SSSR count). The van der Waals surface area contributed by atoms with E-state index in [1.807, 2.05) is 0 Å². The van der Waals surface area contributed by atoms with E-state index in [-0.39, 0.29) is 13.5 Å². The molecule has 0 bridgehead atoms. The molecule has 0 amide bonds. The van der Waals surface area contributed by atoms with Crippen LogP contribution in [-0.4, -0.2) is 46.1 Å². The summed E-state index contributed by atoms with van der Waals surface area (Å²) in [4.78, 5) is 11.4. The fraction of sp³-hybridized carbons (Fsp3) is 0.857. The van der Waals surface area contributed by atoms with Crippen molar-refractivity contribution >= 4 is 56.6 Å². The number of aliphatic carboxylic acids is 1. The van der Waals surface area contributed by atoms with Crippen molar-refractivity contribution in [3.05, 3.63) is 0 Å². The minimum absolute atomic E-state index is 0.135. The Bertz CT molecular complexity index is 308. The average Bonchev–Trinajstić information content (AvgIpc) is 2.83. The standard InChI is InChI=1S/C7H18N2O2P6/c10-7(11)6-5-3-8(17(14)16-13)1-4(5)2-9(6)15-12/h4-6,15-16H,1-3,12-14H2,(H,10,11)/t4-,5-,6-,17?/m0/s1. The Morgan fingerprint density at radius 2 is 2.06 bits per heavy atom. The Hall–Kier alpha value is 1.97. The van der Waals surface area contributed by atoms with Gasteiger partial charge in [0.25, 0.3) is 0 Å². The van der Waals surface area contributed by atoms with E-state index in [1.165, 1.54) is 0 Å². The van der Waals surface area contributed by atoms with Crippen molar-refractivity contribution in [2.45, 2.75) is 6.04 Å². The molecule has 0 aliphatic carbocycles. The first-order valence-corrected chi connectivity index (χ1v) is 14.6. The highest BCUT2D eigenvalue weighted by Crippen LogP contribution is 2.69. The quantitative estimate of drug-likeness (QED) is 0.792. The van der Waals surface area contributed by atoms with E-state index < -0.39 is 5.97 Å². The van der Waals surface area contributed by atoms with Crippen LogP contribution in [0.25, 0.3) is 0 Å². The summed E-state index contributed by atoms with van der Waals surface area (Å²) in [6.07, 6.45) is 0. The van der Waals surface area contributed by atoms with Gasteiger partial charge in [0, 0.05) is 33.0 Å². The smallest absolute Gasteiger partial charge is 0.321 e. The largest absolute Gasteiger partial charge is 0.480 e. The van der Waals surface area contributed by atoms with Gasteiger partial charge in [0.15, 0.2) is 0 Å². The molecule has 0 aromatic rings. The molecule has 2 heterocycles. The number of nitrogens with zero attached hydrogens (tertiary/aromatic N) is 2. The predicted molar refractivity (Wildman–Crippen MR) is 89.4 cm³/mol. The number of rotatable bonds is 4. The van der Waals surface area contributed by atoms with E-state index in [9.17, 15) is 9.90 Å². The van der Waals surface area contributed by atoms with E-state index in [1.54, 1.807) is 0 Å². The van der Waals surface area contributed by atoms with E-state index in [0.29, 0.717) is 20.3 Å². The number of hydrogen-bond acceptors (Lipinski definition) is 3. The van der Waals surface area contributed by atoms with Crippen LogP contribution in [-0.2, 0) is 4.79 Å². The van der Waals surface area contributed by atoms with Crippen LogP contribution in [0.3, 0.4) is 0 Å². The SMILES string of the molecule is O=C(O)[C@@H]1[C@H]2CN(P(P)PP)C[C@H]2CN1PP. The van der Waals surface area contributed by atoms with Crippen LogP contribution in [0.1, 0.15) is 0 Å². The molecular formula is C7H18N2O2P6. The molecule has 2 saturated heterocycles. The Balaban J connectivity index is 2.07. The highest BCUT2D eigenvalue weighted by molar-refractivity contribution is 8.60. The number of carboxylic acids is 1. The van der Waals surface area contributed by atoms with Crippen molar-refractivity contribution in [1.82, 2.24) is 9.34 Å². The van der Waals surface area contributed by atoms with Gasteiger partial charge in [-0.3, -0.25) is 14.1 Å². The lowest BCUT2D eigenvalue weighted by Crippen LogP contribution is -2.36. The van der Waals surface area contributed by atoms with Crippen LogP contribution in [0, 0.1) is 11.8 Å². The van der Waals surface area contributed by atoms with Gasteiger partial charge in [0.1, 0.15) is 6.04 Å². The van der Waals surface area contributed by atoms with E-state index in [0.717, 1.165) is 27.6 Å². The third-order valence-electron chi connectivity index (χ3n) is 3.50. The van der Waals surface area contributed by atoms with Gasteiger partial charge >= 0.3 is 5.97 Å². The summed E-state index contributed by atoms with van der Waals surface area (Å²) in [7, 11) is 9.68. The van der Waals surface area contributed by atoms with Gasteiger partial charge in [-0.25, -0.2) is 0 Å². The zero-order valence-electron chi connectivity index (χ0n) is 9.28. The van der Waals surface area contributed by atoms with Crippen molar-refractivity contribution < 1.29 is 9.90 Å². The van der Waals surface area contributed by atoms with E-state index >= 15 is 0 Å². The second-order valence-corrected chi connectivity index (χ2v) is 14.9. The summed E-state index contributed by atoms with van der Waals surface area (Å²) >= 11 is 0. The van der Waals surface area contributed by atoms with Crippen LogP contribution < -0.4 is 0 Å². The summed E-state index contributed by atoms with van der Waals surface area (Å²) in [6.45, 7) is 2.99. The van der Waals surface area contributed by atoms with Crippen molar-refractivity contribution in [2.24, 2.45) is 11.8 Å². The molecule has 17 heavy (non-hydrogen) atoms. The van der Waals surface area contributed by atoms with Gasteiger partial charge in [0.2, 0.25) is 0 Å². The van der Waals surface area contributed by atoms with Gasteiger partial charge in [-0.1, -0.05) is 25.8 Å². The highest BCUT2D eigenvalue weighted by atomic mass is 32.6. The molecule has 6 unspecified atom stereocenters. The molecule has 0 saturated carbocycles. The fourth-order valence-corrected chi connectivity index (χ4v) is 8.26. The lowest BCUT2D eigenvalue weighted by atomic mass is 9.94. The summed E-state index contributed by atoms with van der Waals surface area (Å²) in [6, 6.07) is -0.262. The second-order valence-electron chi connectivity index (χ2n) is 4.33. The Morgan fingerprint density at radius 3 is 2.59 bits per heavy atom. The number of hydrogen-bond donors (Lipinski definition) is 1. The third-order valence-corrected chi connectivity index (χ3v) is 15.5. The van der Waals surface area contributed by atoms with Crippen molar-refractivity contribution in [2.75, 3.05) is 19.6 Å². The molecule has 98 valence electrons. The van der Waals surface area contributed by atoms with E-state index in [2.05, 4.69) is 36.1 Å². The topological polar surface area (TPSA) is 43.8 Å². The Morgan fingerprint density at radius 1 is 1.35 bits per heavy atom. The summed E-state index contributed by atoms with van der Waals surface area (Å²) in [5.41, 5.74) is 0. The molecular weight excluding hydrogens is 330 g/mol. The molecule has 10 heteroatoms. The van der Waals surface area contributed by atoms with Crippen LogP contribution in [0.15, 0.2) is 0 Å². The first-order valence-electron chi connectivity index (χ1n) is 5.30. The maximum atomic E-state index is 11.4. The monoisotopic (exact) mass is 348 g/mol. The van der Waals surface area contributed by atoms with Crippen molar-refractivity contribution in [3.63, 3.8) is 0 Å². The minimum atomic E-state index is -0.643. The summed E-state index contributed by atoms with van der Waals surface area (Å²) in [5.74, 6) is 0.235. The normalized spacial score (nSPS) is 37.5. The molecule has 0 aromatic heterocycles. The summed E-state index contributed by atoms with van der Waals surface area (Å²) < 4.78 is 4.60. The number of carboxylic acid groups (broad SMARTS) is 1. The van der Waals surface area contributed by atoms with Crippen molar-refractivity contribution in [1.29, 1.82) is 0 Å². The van der Waals surface area contributed by atoms with Crippen LogP contribution in [0.2, 0.25) is 0 Å². The van der Waals surface area contributed by atoms with Crippen LogP contribution >= 0.6 is 50.6 Å². The van der Waals surface area contributed by atoms with E-state index in [4.69, 9.17) is 0 Å². The Labute approximate surface area is 113 Å². The molecule has 0 radical (unpaired) electrons. The molecule has 2 aliphatic rings. The minimum Gasteiger partial charge on any atom is -0.480 e. The lowest BCUT2D eigenvalue weighted by Gasteiger charge is -2.27. The predicted octanol–water partition coefficient (Wildman–Crippen LogP) is 2.26. The number of carbonyl (C=O) groups is 1. The fourth-order valence-electron chi connectivity index (χ4n) is 2.73. The second kappa shape index (κ2) is 6.61. The molecule has 9 atom stereocenters. The first kappa shape index (κ1) is 15.4. The average molecular weight is 348 g/mol.